The predicted octanol–water partition coefficient (Wildman–Crippen LogP) is 5.10. The Kier molecular flexibility index (Phi) is 5.16. The maximum absolute atomic E-state index is 13.5. The van der Waals surface area contributed by atoms with Crippen LogP contribution < -0.4 is 5.32 Å². The first-order valence-corrected chi connectivity index (χ1v) is 8.54. The van der Waals surface area contributed by atoms with E-state index < -0.39 is 30.0 Å². The fourth-order valence-corrected chi connectivity index (χ4v) is 3.09. The quantitative estimate of drug-likeness (QED) is 0.536. The number of hydrogen-bond acceptors (Lipinski definition) is 2. The van der Waals surface area contributed by atoms with Crippen LogP contribution in [-0.2, 0) is 0 Å². The van der Waals surface area contributed by atoms with Crippen LogP contribution in [-0.4, -0.2) is 27.9 Å². The minimum Gasteiger partial charge on any atom is -0.478 e. The number of alkyl halides is 3. The lowest BCUT2D eigenvalue weighted by molar-refractivity contribution is -0.154. The van der Waals surface area contributed by atoms with Crippen molar-refractivity contribution in [3.05, 3.63) is 70.1 Å². The van der Waals surface area contributed by atoms with Crippen molar-refractivity contribution in [3.8, 4) is 0 Å². The second-order valence-electron chi connectivity index (χ2n) is 5.86. The van der Waals surface area contributed by atoms with Gasteiger partial charge in [0, 0.05) is 11.6 Å². The van der Waals surface area contributed by atoms with Crippen molar-refractivity contribution in [2.24, 2.45) is 0 Å². The van der Waals surface area contributed by atoms with E-state index in [1.165, 1.54) is 30.5 Å². The van der Waals surface area contributed by atoms with Crippen LogP contribution in [0.25, 0.3) is 10.9 Å². The number of fused-ring (bicyclic) bond motifs is 1. The van der Waals surface area contributed by atoms with Gasteiger partial charge in [-0.2, -0.15) is 13.2 Å². The number of rotatable bonds is 3. The molecule has 0 aliphatic carbocycles. The molecule has 146 valence electrons. The Balaban J connectivity index is 1.95. The Morgan fingerprint density at radius 3 is 2.43 bits per heavy atom. The summed E-state index contributed by atoms with van der Waals surface area (Å²) in [6.45, 7) is 0. The van der Waals surface area contributed by atoms with Gasteiger partial charge in [-0.15, -0.1) is 0 Å². The molecule has 0 fully saturated rings. The third-order valence-corrected chi connectivity index (χ3v) is 4.64. The minimum absolute atomic E-state index is 0.0185. The van der Waals surface area contributed by atoms with Crippen LogP contribution in [0.4, 0.5) is 22.4 Å². The third kappa shape index (κ3) is 3.86. The molecule has 2 aromatic carbocycles. The van der Waals surface area contributed by atoms with Crippen molar-refractivity contribution in [2.75, 3.05) is 0 Å². The average Bonchev–Trinajstić information content (AvgIpc) is 3.04. The summed E-state index contributed by atoms with van der Waals surface area (Å²) in [7, 11) is 0. The fourth-order valence-electron chi connectivity index (χ4n) is 2.69. The highest BCUT2D eigenvalue weighted by Crippen LogP contribution is 2.34. The Morgan fingerprint density at radius 1 is 1.11 bits per heavy atom. The number of carboxylic acid groups (broad SMARTS) is 1. The second-order valence-corrected chi connectivity index (χ2v) is 6.72. The highest BCUT2D eigenvalue weighted by molar-refractivity contribution is 9.10. The molecule has 0 saturated heterocycles. The summed E-state index contributed by atoms with van der Waals surface area (Å²) >= 11 is 2.83. The molecule has 5 nitrogen and oxygen atoms in total. The van der Waals surface area contributed by atoms with E-state index in [1.807, 2.05) is 5.32 Å². The first-order chi connectivity index (χ1) is 13.1. The van der Waals surface area contributed by atoms with Crippen molar-refractivity contribution < 1.29 is 32.3 Å². The molecule has 1 aromatic heterocycles. The van der Waals surface area contributed by atoms with Gasteiger partial charge in [0.2, 0.25) is 0 Å². The number of aromatic nitrogens is 1. The van der Waals surface area contributed by atoms with Gasteiger partial charge in [0.25, 0.3) is 0 Å². The highest BCUT2D eigenvalue weighted by atomic mass is 79.9. The van der Waals surface area contributed by atoms with Crippen molar-refractivity contribution in [3.63, 3.8) is 0 Å². The fraction of sp³-hybridized carbons (Fsp3) is 0.111. The maximum Gasteiger partial charge on any atom is 0.412 e. The molecular weight excluding hydrogens is 448 g/mol. The van der Waals surface area contributed by atoms with Crippen LogP contribution >= 0.6 is 15.9 Å². The number of carbonyl (C=O) groups is 2. The lowest BCUT2D eigenvalue weighted by Gasteiger charge is -2.22. The third-order valence-electron chi connectivity index (χ3n) is 4.03. The Bertz CT molecular complexity index is 1080. The van der Waals surface area contributed by atoms with Gasteiger partial charge in [0.1, 0.15) is 5.82 Å². The van der Waals surface area contributed by atoms with Crippen LogP contribution in [0.1, 0.15) is 22.0 Å². The molecule has 0 radical (unpaired) electrons. The molecule has 3 rings (SSSR count). The summed E-state index contributed by atoms with van der Waals surface area (Å²) < 4.78 is 54.6. The van der Waals surface area contributed by atoms with E-state index in [1.54, 1.807) is 0 Å². The topological polar surface area (TPSA) is 71.3 Å². The molecular formula is C18H11BrF4N2O3. The predicted molar refractivity (Wildman–Crippen MR) is 95.7 cm³/mol. The molecule has 3 aromatic rings. The molecule has 0 aliphatic rings. The van der Waals surface area contributed by atoms with Crippen molar-refractivity contribution >= 4 is 38.8 Å². The van der Waals surface area contributed by atoms with Gasteiger partial charge >= 0.3 is 18.2 Å². The summed E-state index contributed by atoms with van der Waals surface area (Å²) in [5, 5.41) is 11.3. The van der Waals surface area contributed by atoms with E-state index in [0.717, 1.165) is 22.8 Å². The van der Waals surface area contributed by atoms with Gasteiger partial charge in [0.15, 0.2) is 6.04 Å². The standard InChI is InChI=1S/C18H11BrF4N2O3/c19-12-8-10(1-3-13(12)20)15(18(21,22)23)24-17(28)25-6-5-9-7-11(16(26)27)2-4-14(9)25/h1-8,15H,(H,24,28)(H,26,27). The zero-order chi connectivity index (χ0) is 20.6. The molecule has 28 heavy (non-hydrogen) atoms. The molecule has 0 saturated carbocycles. The second kappa shape index (κ2) is 7.27. The highest BCUT2D eigenvalue weighted by Gasteiger charge is 2.42. The Labute approximate surface area is 163 Å². The molecule has 2 N–H and O–H groups in total. The van der Waals surface area contributed by atoms with Crippen LogP contribution in [0.15, 0.2) is 53.1 Å². The van der Waals surface area contributed by atoms with Crippen molar-refractivity contribution in [1.82, 2.24) is 9.88 Å². The first-order valence-electron chi connectivity index (χ1n) is 7.75. The zero-order valence-corrected chi connectivity index (χ0v) is 15.4. The van der Waals surface area contributed by atoms with E-state index >= 15 is 0 Å². The summed E-state index contributed by atoms with van der Waals surface area (Å²) in [4.78, 5) is 23.5. The number of carbonyl (C=O) groups excluding carboxylic acids is 1. The van der Waals surface area contributed by atoms with Crippen LogP contribution in [0.3, 0.4) is 0 Å². The molecule has 1 amide bonds. The monoisotopic (exact) mass is 458 g/mol. The minimum atomic E-state index is -4.83. The van der Waals surface area contributed by atoms with Crippen LogP contribution in [0.2, 0.25) is 0 Å². The number of benzene rings is 2. The summed E-state index contributed by atoms with van der Waals surface area (Å²) in [5.74, 6) is -1.90. The first kappa shape index (κ1) is 19.9. The van der Waals surface area contributed by atoms with Crippen molar-refractivity contribution in [1.29, 1.82) is 0 Å². The molecule has 0 bridgehead atoms. The number of amides is 1. The molecule has 0 aliphatic heterocycles. The van der Waals surface area contributed by atoms with E-state index in [9.17, 15) is 27.2 Å². The van der Waals surface area contributed by atoms with E-state index in [0.29, 0.717) is 5.39 Å². The average molecular weight is 459 g/mol. The maximum atomic E-state index is 13.5. The van der Waals surface area contributed by atoms with Gasteiger partial charge in [-0.1, -0.05) is 6.07 Å². The van der Waals surface area contributed by atoms with Gasteiger partial charge in [-0.25, -0.2) is 14.0 Å². The summed E-state index contributed by atoms with van der Waals surface area (Å²) in [6.07, 6.45) is -3.59. The van der Waals surface area contributed by atoms with Gasteiger partial charge < -0.3 is 10.4 Å². The molecule has 0 spiro atoms. The lowest BCUT2D eigenvalue weighted by Crippen LogP contribution is -2.40. The smallest absolute Gasteiger partial charge is 0.412 e. The van der Waals surface area contributed by atoms with Gasteiger partial charge in [-0.05, 0) is 57.9 Å². The van der Waals surface area contributed by atoms with E-state index in [-0.39, 0.29) is 21.1 Å². The SMILES string of the molecule is O=C(O)c1ccc2c(ccn2C(=O)NC(c2ccc(F)c(Br)c2)C(F)(F)F)c1. The normalized spacial score (nSPS) is 12.8. The van der Waals surface area contributed by atoms with Crippen LogP contribution in [0.5, 0.6) is 0 Å². The number of nitrogens with one attached hydrogen (secondary N) is 1. The Hall–Kier alpha value is -2.88. The number of halogens is 5. The summed E-state index contributed by atoms with van der Waals surface area (Å²) in [5.41, 5.74) is -0.127. The van der Waals surface area contributed by atoms with Gasteiger partial charge in [-0.3, -0.25) is 4.57 Å². The zero-order valence-electron chi connectivity index (χ0n) is 13.8. The van der Waals surface area contributed by atoms with E-state index in [4.69, 9.17) is 5.11 Å². The van der Waals surface area contributed by atoms with Crippen LogP contribution in [0, 0.1) is 5.82 Å². The van der Waals surface area contributed by atoms with E-state index in [2.05, 4.69) is 15.9 Å². The number of carboxylic acids is 1. The van der Waals surface area contributed by atoms with Gasteiger partial charge in [0.05, 0.1) is 15.6 Å². The van der Waals surface area contributed by atoms with Crippen molar-refractivity contribution in [2.45, 2.75) is 12.2 Å². The molecule has 1 heterocycles. The Morgan fingerprint density at radius 2 is 1.82 bits per heavy atom. The molecule has 10 heteroatoms. The lowest BCUT2D eigenvalue weighted by atomic mass is 10.1. The molecule has 1 atom stereocenters. The molecule has 1 unspecified atom stereocenters. The number of hydrogen-bond donors (Lipinski definition) is 2. The number of nitrogens with zero attached hydrogens (tertiary/aromatic N) is 1. The summed E-state index contributed by atoms with van der Waals surface area (Å²) in [6, 6.07) is 4.60. The number of aromatic carboxylic acids is 1. The largest absolute Gasteiger partial charge is 0.478 e.